The van der Waals surface area contributed by atoms with Gasteiger partial charge in [0.2, 0.25) is 23.6 Å². The second-order valence-corrected chi connectivity index (χ2v) is 5.12. The summed E-state index contributed by atoms with van der Waals surface area (Å²) in [4.78, 5) is 45.8. The number of benzene rings is 1. The zero-order chi connectivity index (χ0) is 17.9. The molecule has 5 N–H and O–H groups in total. The highest BCUT2D eigenvalue weighted by Crippen LogP contribution is 2.02. The normalized spacial score (nSPS) is 11.2. The minimum absolute atomic E-state index is 0.205. The van der Waals surface area contributed by atoms with Gasteiger partial charge in [0.15, 0.2) is 0 Å². The molecule has 0 radical (unpaired) electrons. The Morgan fingerprint density at radius 1 is 0.958 bits per heavy atom. The van der Waals surface area contributed by atoms with Gasteiger partial charge in [0.1, 0.15) is 6.04 Å². The summed E-state index contributed by atoms with van der Waals surface area (Å²) >= 11 is 0. The van der Waals surface area contributed by atoms with E-state index in [0.717, 1.165) is 5.56 Å². The predicted molar refractivity (Wildman–Crippen MR) is 87.6 cm³/mol. The Labute approximate surface area is 140 Å². The standard InChI is InChI=1S/C16H22N4O4/c1-2-13(21)18-9-14(22)19-10-15(23)20-12(16(17)24)8-11-6-4-3-5-7-11/h3-7,12H,2,8-10H2,1H3,(H2,17,24)(H,18,21)(H,19,22)(H,20,23). The molecule has 0 aromatic heterocycles. The van der Waals surface area contributed by atoms with Gasteiger partial charge >= 0.3 is 0 Å². The summed E-state index contributed by atoms with van der Waals surface area (Å²) in [7, 11) is 0. The lowest BCUT2D eigenvalue weighted by Crippen LogP contribution is -2.49. The van der Waals surface area contributed by atoms with Crippen LogP contribution in [0.25, 0.3) is 0 Å². The van der Waals surface area contributed by atoms with E-state index >= 15 is 0 Å². The Kier molecular flexibility index (Phi) is 7.97. The topological polar surface area (TPSA) is 130 Å². The van der Waals surface area contributed by atoms with Gasteiger partial charge in [0.05, 0.1) is 13.1 Å². The van der Waals surface area contributed by atoms with E-state index in [-0.39, 0.29) is 31.8 Å². The van der Waals surface area contributed by atoms with Crippen LogP contribution in [0.4, 0.5) is 0 Å². The van der Waals surface area contributed by atoms with Gasteiger partial charge in [0.25, 0.3) is 0 Å². The van der Waals surface area contributed by atoms with E-state index in [1.165, 1.54) is 0 Å². The van der Waals surface area contributed by atoms with Gasteiger partial charge in [-0.2, -0.15) is 0 Å². The van der Waals surface area contributed by atoms with Crippen molar-refractivity contribution in [1.82, 2.24) is 16.0 Å². The van der Waals surface area contributed by atoms with Gasteiger partial charge in [0, 0.05) is 12.8 Å². The molecule has 0 fully saturated rings. The number of primary amides is 1. The number of hydrogen-bond donors (Lipinski definition) is 4. The molecule has 1 aromatic carbocycles. The summed E-state index contributed by atoms with van der Waals surface area (Å²) < 4.78 is 0. The number of carbonyl (C=O) groups excluding carboxylic acids is 4. The molecule has 1 aromatic rings. The summed E-state index contributed by atoms with van der Waals surface area (Å²) in [6, 6.07) is 8.26. The fourth-order valence-corrected chi connectivity index (χ4v) is 1.86. The maximum absolute atomic E-state index is 11.8. The maximum atomic E-state index is 11.8. The zero-order valence-corrected chi connectivity index (χ0v) is 13.5. The van der Waals surface area contributed by atoms with E-state index in [1.807, 2.05) is 30.3 Å². The average Bonchev–Trinajstić information content (AvgIpc) is 2.58. The lowest BCUT2D eigenvalue weighted by atomic mass is 10.1. The number of rotatable bonds is 9. The van der Waals surface area contributed by atoms with E-state index in [9.17, 15) is 19.2 Å². The van der Waals surface area contributed by atoms with Gasteiger partial charge in [-0.05, 0) is 5.56 Å². The van der Waals surface area contributed by atoms with Gasteiger partial charge in [-0.25, -0.2) is 0 Å². The number of hydrogen-bond acceptors (Lipinski definition) is 4. The molecular weight excluding hydrogens is 312 g/mol. The molecule has 130 valence electrons. The first-order valence-electron chi connectivity index (χ1n) is 7.58. The van der Waals surface area contributed by atoms with Crippen LogP contribution < -0.4 is 21.7 Å². The molecule has 0 saturated carbocycles. The van der Waals surface area contributed by atoms with Crippen LogP contribution >= 0.6 is 0 Å². The summed E-state index contributed by atoms with van der Waals surface area (Å²) in [5.74, 6) is -1.95. The van der Waals surface area contributed by atoms with Gasteiger partial charge < -0.3 is 21.7 Å². The van der Waals surface area contributed by atoms with Gasteiger partial charge in [-0.1, -0.05) is 37.3 Å². The third-order valence-corrected chi connectivity index (χ3v) is 3.17. The van der Waals surface area contributed by atoms with E-state index in [2.05, 4.69) is 16.0 Å². The fraction of sp³-hybridized carbons (Fsp3) is 0.375. The first-order chi connectivity index (χ1) is 11.4. The monoisotopic (exact) mass is 334 g/mol. The molecule has 1 unspecified atom stereocenters. The highest BCUT2D eigenvalue weighted by atomic mass is 16.2. The van der Waals surface area contributed by atoms with Crippen molar-refractivity contribution in [2.24, 2.45) is 5.73 Å². The summed E-state index contributed by atoms with van der Waals surface area (Å²) in [5, 5.41) is 7.22. The Hall–Kier alpha value is -2.90. The van der Waals surface area contributed by atoms with Crippen molar-refractivity contribution in [2.45, 2.75) is 25.8 Å². The molecule has 8 nitrogen and oxygen atoms in total. The van der Waals surface area contributed by atoms with Crippen LogP contribution in [0, 0.1) is 0 Å². The molecular formula is C16H22N4O4. The van der Waals surface area contributed by atoms with Crippen LogP contribution in [0.3, 0.4) is 0 Å². The van der Waals surface area contributed by atoms with E-state index in [0.29, 0.717) is 0 Å². The molecule has 24 heavy (non-hydrogen) atoms. The predicted octanol–water partition coefficient (Wildman–Crippen LogP) is -1.16. The second-order valence-electron chi connectivity index (χ2n) is 5.12. The average molecular weight is 334 g/mol. The number of carbonyl (C=O) groups is 4. The van der Waals surface area contributed by atoms with Crippen molar-refractivity contribution in [1.29, 1.82) is 0 Å². The molecule has 0 aliphatic heterocycles. The van der Waals surface area contributed by atoms with E-state index in [1.54, 1.807) is 6.92 Å². The fourth-order valence-electron chi connectivity index (χ4n) is 1.86. The second kappa shape index (κ2) is 9.98. The number of amides is 4. The summed E-state index contributed by atoms with van der Waals surface area (Å²) in [6.45, 7) is 1.15. The molecule has 1 atom stereocenters. The Bertz CT molecular complexity index is 589. The SMILES string of the molecule is CCC(=O)NCC(=O)NCC(=O)NC(Cc1ccccc1)C(N)=O. The number of nitrogens with two attached hydrogens (primary N) is 1. The van der Waals surface area contributed by atoms with Crippen molar-refractivity contribution < 1.29 is 19.2 Å². The molecule has 0 saturated heterocycles. The zero-order valence-electron chi connectivity index (χ0n) is 13.5. The first kappa shape index (κ1) is 19.1. The van der Waals surface area contributed by atoms with Gasteiger partial charge in [-0.15, -0.1) is 0 Å². The van der Waals surface area contributed by atoms with Crippen LogP contribution in [-0.2, 0) is 25.6 Å². The van der Waals surface area contributed by atoms with E-state index in [4.69, 9.17) is 5.73 Å². The maximum Gasteiger partial charge on any atom is 0.240 e. The van der Waals surface area contributed by atoms with Crippen LogP contribution in [0.5, 0.6) is 0 Å². The summed E-state index contributed by atoms with van der Waals surface area (Å²) in [6.07, 6.45) is 0.538. The Morgan fingerprint density at radius 2 is 1.54 bits per heavy atom. The first-order valence-corrected chi connectivity index (χ1v) is 7.58. The van der Waals surface area contributed by atoms with Crippen LogP contribution in [0.2, 0.25) is 0 Å². The quantitative estimate of drug-likeness (QED) is 0.454. The van der Waals surface area contributed by atoms with Crippen molar-refractivity contribution in [2.75, 3.05) is 13.1 Å². The van der Waals surface area contributed by atoms with Crippen molar-refractivity contribution in [3.8, 4) is 0 Å². The van der Waals surface area contributed by atoms with Crippen molar-refractivity contribution in [3.63, 3.8) is 0 Å². The third kappa shape index (κ3) is 7.39. The Balaban J connectivity index is 2.41. The highest BCUT2D eigenvalue weighted by molar-refractivity contribution is 5.90. The lowest BCUT2D eigenvalue weighted by molar-refractivity contribution is -0.129. The lowest BCUT2D eigenvalue weighted by Gasteiger charge is -2.16. The Morgan fingerprint density at radius 3 is 2.12 bits per heavy atom. The molecule has 0 bridgehead atoms. The summed E-state index contributed by atoms with van der Waals surface area (Å²) in [5.41, 5.74) is 6.15. The molecule has 4 amide bonds. The molecule has 0 aliphatic rings. The molecule has 1 rings (SSSR count). The molecule has 0 aliphatic carbocycles. The largest absolute Gasteiger partial charge is 0.368 e. The van der Waals surface area contributed by atoms with E-state index < -0.39 is 23.8 Å². The highest BCUT2D eigenvalue weighted by Gasteiger charge is 2.18. The van der Waals surface area contributed by atoms with Crippen LogP contribution in [0.1, 0.15) is 18.9 Å². The smallest absolute Gasteiger partial charge is 0.240 e. The minimum Gasteiger partial charge on any atom is -0.368 e. The van der Waals surface area contributed by atoms with Crippen LogP contribution in [-0.4, -0.2) is 42.8 Å². The third-order valence-electron chi connectivity index (χ3n) is 3.17. The van der Waals surface area contributed by atoms with Crippen LogP contribution in [0.15, 0.2) is 30.3 Å². The molecule has 8 heteroatoms. The molecule has 0 heterocycles. The number of nitrogens with one attached hydrogen (secondary N) is 3. The van der Waals surface area contributed by atoms with Gasteiger partial charge in [-0.3, -0.25) is 19.2 Å². The van der Waals surface area contributed by atoms with Crippen molar-refractivity contribution >= 4 is 23.6 Å². The molecule has 0 spiro atoms. The minimum atomic E-state index is -0.864. The van der Waals surface area contributed by atoms with Crippen molar-refractivity contribution in [3.05, 3.63) is 35.9 Å².